The molecule has 1 aromatic rings. The lowest BCUT2D eigenvalue weighted by Crippen LogP contribution is -1.90. The lowest BCUT2D eigenvalue weighted by atomic mass is 10.1. The average Bonchev–Trinajstić information content (AvgIpc) is 2.37. The Hall–Kier alpha value is -2.48. The van der Waals surface area contributed by atoms with E-state index in [1.165, 1.54) is 32.4 Å². The number of carbonyl (C=O) groups is 1. The van der Waals surface area contributed by atoms with Gasteiger partial charge in [0, 0.05) is 0 Å². The van der Waals surface area contributed by atoms with Crippen molar-refractivity contribution in [2.45, 2.75) is 0 Å². The van der Waals surface area contributed by atoms with Crippen LogP contribution in [0.4, 0.5) is 0 Å². The first-order chi connectivity index (χ1) is 8.15. The van der Waals surface area contributed by atoms with E-state index in [2.05, 4.69) is 0 Å². The number of carbonyl (C=O) groups excluding carboxylic acids is 1. The molecule has 0 aromatic heterocycles. The van der Waals surface area contributed by atoms with Crippen LogP contribution in [0.3, 0.4) is 0 Å². The molecule has 1 aromatic carbocycles. The van der Waals surface area contributed by atoms with Gasteiger partial charge in [-0.05, 0) is 23.8 Å². The van der Waals surface area contributed by atoms with E-state index >= 15 is 0 Å². The fourth-order valence-corrected chi connectivity index (χ4v) is 1.27. The van der Waals surface area contributed by atoms with E-state index in [-0.39, 0.29) is 22.8 Å². The van der Waals surface area contributed by atoms with Crippen LogP contribution in [0, 0.1) is 11.3 Å². The van der Waals surface area contributed by atoms with Gasteiger partial charge in [-0.2, -0.15) is 5.26 Å². The lowest BCUT2D eigenvalue weighted by molar-refractivity contribution is -0.104. The summed E-state index contributed by atoms with van der Waals surface area (Å²) in [7, 11) is 2.79. The Labute approximate surface area is 98.5 Å². The summed E-state index contributed by atoms with van der Waals surface area (Å²) >= 11 is 0. The molecule has 1 rings (SSSR count). The number of hydrogen-bond donors (Lipinski definition) is 1. The fraction of sp³-hybridized carbons (Fsp3) is 0.167. The van der Waals surface area contributed by atoms with E-state index in [0.717, 1.165) is 0 Å². The molecule has 1 N–H and O–H groups in total. The van der Waals surface area contributed by atoms with Gasteiger partial charge in [0.1, 0.15) is 6.07 Å². The third kappa shape index (κ3) is 2.75. The molecule has 17 heavy (non-hydrogen) atoms. The van der Waals surface area contributed by atoms with Gasteiger partial charge in [-0.3, -0.25) is 4.79 Å². The Balaban J connectivity index is 3.32. The first-order valence-electron chi connectivity index (χ1n) is 4.68. The molecule has 0 radical (unpaired) electrons. The number of methoxy groups -OCH3 is 2. The summed E-state index contributed by atoms with van der Waals surface area (Å²) in [6.07, 6.45) is 1.82. The van der Waals surface area contributed by atoms with Gasteiger partial charge in [0.25, 0.3) is 0 Å². The third-order valence-electron chi connectivity index (χ3n) is 2.08. The number of allylic oxidation sites excluding steroid dienone is 1. The Morgan fingerprint density at radius 3 is 2.24 bits per heavy atom. The molecule has 0 spiro atoms. The molecule has 0 amide bonds. The molecular weight excluding hydrogens is 222 g/mol. The maximum Gasteiger partial charge on any atom is 0.200 e. The van der Waals surface area contributed by atoms with Crippen molar-refractivity contribution in [3.63, 3.8) is 0 Å². The van der Waals surface area contributed by atoms with Crippen molar-refractivity contribution >= 4 is 12.4 Å². The highest BCUT2D eigenvalue weighted by Crippen LogP contribution is 2.37. The minimum Gasteiger partial charge on any atom is -0.502 e. The monoisotopic (exact) mass is 233 g/mol. The van der Waals surface area contributed by atoms with E-state index in [1.807, 2.05) is 0 Å². The van der Waals surface area contributed by atoms with Gasteiger partial charge in [0.05, 0.1) is 19.8 Å². The second kappa shape index (κ2) is 5.56. The number of ether oxygens (including phenoxy) is 2. The topological polar surface area (TPSA) is 79.5 Å². The van der Waals surface area contributed by atoms with Crippen LogP contribution in [0.15, 0.2) is 17.7 Å². The summed E-state index contributed by atoms with van der Waals surface area (Å²) in [6.45, 7) is 0. The Kier molecular flexibility index (Phi) is 4.12. The molecule has 0 fully saturated rings. The SMILES string of the molecule is COc1cc(C=C(C#N)C=O)cc(OC)c1O. The van der Waals surface area contributed by atoms with Crippen LogP contribution in [0.1, 0.15) is 5.56 Å². The quantitative estimate of drug-likeness (QED) is 0.484. The number of nitriles is 1. The van der Waals surface area contributed by atoms with E-state index in [0.29, 0.717) is 11.8 Å². The van der Waals surface area contributed by atoms with E-state index in [1.54, 1.807) is 6.07 Å². The van der Waals surface area contributed by atoms with Crippen LogP contribution < -0.4 is 9.47 Å². The molecule has 5 heteroatoms. The standard InChI is InChI=1S/C12H11NO4/c1-16-10-4-8(3-9(6-13)7-14)5-11(17-2)12(10)15/h3-5,7,15H,1-2H3. The van der Waals surface area contributed by atoms with Gasteiger partial charge in [-0.25, -0.2) is 0 Å². The largest absolute Gasteiger partial charge is 0.502 e. The van der Waals surface area contributed by atoms with Gasteiger partial charge in [-0.1, -0.05) is 0 Å². The highest BCUT2D eigenvalue weighted by Gasteiger charge is 2.10. The summed E-state index contributed by atoms with van der Waals surface area (Å²) in [5, 5.41) is 18.3. The predicted molar refractivity (Wildman–Crippen MR) is 60.9 cm³/mol. The van der Waals surface area contributed by atoms with Crippen molar-refractivity contribution in [2.75, 3.05) is 14.2 Å². The van der Waals surface area contributed by atoms with Gasteiger partial charge in [0.15, 0.2) is 17.8 Å². The zero-order valence-electron chi connectivity index (χ0n) is 9.43. The molecule has 5 nitrogen and oxygen atoms in total. The van der Waals surface area contributed by atoms with Crippen molar-refractivity contribution < 1.29 is 19.4 Å². The third-order valence-corrected chi connectivity index (χ3v) is 2.08. The first-order valence-corrected chi connectivity index (χ1v) is 4.68. The summed E-state index contributed by atoms with van der Waals surface area (Å²) in [4.78, 5) is 10.5. The minimum atomic E-state index is -0.128. The number of aromatic hydroxyl groups is 1. The smallest absolute Gasteiger partial charge is 0.200 e. The van der Waals surface area contributed by atoms with Gasteiger partial charge in [0.2, 0.25) is 5.75 Å². The number of nitrogens with zero attached hydrogens (tertiary/aromatic N) is 1. The fourth-order valence-electron chi connectivity index (χ4n) is 1.27. The zero-order valence-corrected chi connectivity index (χ0v) is 9.43. The maximum absolute atomic E-state index is 10.5. The highest BCUT2D eigenvalue weighted by molar-refractivity contribution is 5.87. The van der Waals surface area contributed by atoms with Crippen molar-refractivity contribution in [3.05, 3.63) is 23.3 Å². The zero-order chi connectivity index (χ0) is 12.8. The van der Waals surface area contributed by atoms with Crippen LogP contribution in [0.25, 0.3) is 6.08 Å². The molecule has 0 saturated heterocycles. The molecule has 0 aliphatic rings. The van der Waals surface area contributed by atoms with E-state index in [4.69, 9.17) is 14.7 Å². The number of benzene rings is 1. The van der Waals surface area contributed by atoms with E-state index in [9.17, 15) is 9.90 Å². The Bertz CT molecular complexity index is 475. The highest BCUT2D eigenvalue weighted by atomic mass is 16.5. The summed E-state index contributed by atoms with van der Waals surface area (Å²) in [5.74, 6) is 0.286. The van der Waals surface area contributed by atoms with Crippen LogP contribution in [0.2, 0.25) is 0 Å². The summed E-state index contributed by atoms with van der Waals surface area (Å²) < 4.78 is 9.89. The molecular formula is C12H11NO4. The number of hydrogen-bond acceptors (Lipinski definition) is 5. The second-order valence-corrected chi connectivity index (χ2v) is 3.10. The Morgan fingerprint density at radius 2 is 1.88 bits per heavy atom. The van der Waals surface area contributed by atoms with Crippen LogP contribution >= 0.6 is 0 Å². The van der Waals surface area contributed by atoms with Crippen LogP contribution in [-0.4, -0.2) is 25.6 Å². The molecule has 0 aliphatic heterocycles. The number of phenols is 1. The van der Waals surface area contributed by atoms with Gasteiger partial charge in [-0.15, -0.1) is 0 Å². The molecule has 0 bridgehead atoms. The van der Waals surface area contributed by atoms with Gasteiger partial charge < -0.3 is 14.6 Å². The molecule has 0 unspecified atom stereocenters. The summed E-state index contributed by atoms with van der Waals surface area (Å²) in [6, 6.07) is 4.74. The van der Waals surface area contributed by atoms with Crippen molar-refractivity contribution in [2.24, 2.45) is 0 Å². The second-order valence-electron chi connectivity index (χ2n) is 3.10. The number of aldehydes is 1. The number of phenolic OH excluding ortho intramolecular Hbond substituents is 1. The van der Waals surface area contributed by atoms with Crippen molar-refractivity contribution in [1.29, 1.82) is 5.26 Å². The van der Waals surface area contributed by atoms with Crippen molar-refractivity contribution in [3.8, 4) is 23.3 Å². The molecule has 0 saturated carbocycles. The minimum absolute atomic E-state index is 0.0280. The van der Waals surface area contributed by atoms with Crippen LogP contribution in [-0.2, 0) is 4.79 Å². The average molecular weight is 233 g/mol. The molecule has 0 heterocycles. The van der Waals surface area contributed by atoms with Crippen molar-refractivity contribution in [1.82, 2.24) is 0 Å². The first kappa shape index (κ1) is 12.6. The van der Waals surface area contributed by atoms with Gasteiger partial charge >= 0.3 is 0 Å². The molecule has 88 valence electrons. The molecule has 0 aliphatic carbocycles. The van der Waals surface area contributed by atoms with Crippen LogP contribution in [0.5, 0.6) is 17.2 Å². The Morgan fingerprint density at radius 1 is 1.35 bits per heavy atom. The maximum atomic E-state index is 10.5. The normalized spacial score (nSPS) is 10.5. The number of rotatable bonds is 4. The summed E-state index contributed by atoms with van der Waals surface area (Å²) in [5.41, 5.74) is 0.500. The van der Waals surface area contributed by atoms with E-state index < -0.39 is 0 Å². The molecule has 0 atom stereocenters. The predicted octanol–water partition coefficient (Wildman–Crippen LogP) is 1.52. The lowest BCUT2D eigenvalue weighted by Gasteiger charge is -2.09.